The van der Waals surface area contributed by atoms with Gasteiger partial charge in [0.15, 0.2) is 0 Å². The second-order valence-electron chi connectivity index (χ2n) is 5.01. The lowest BCUT2D eigenvalue weighted by molar-refractivity contribution is 0.587. The summed E-state index contributed by atoms with van der Waals surface area (Å²) in [7, 11) is 2.10. The lowest BCUT2D eigenvalue weighted by Gasteiger charge is -2.21. The predicted molar refractivity (Wildman–Crippen MR) is 82.6 cm³/mol. The van der Waals surface area contributed by atoms with E-state index in [0.717, 1.165) is 18.9 Å². The third-order valence-corrected chi connectivity index (χ3v) is 3.66. The van der Waals surface area contributed by atoms with Gasteiger partial charge in [-0.05, 0) is 28.5 Å². The van der Waals surface area contributed by atoms with Gasteiger partial charge >= 0.3 is 0 Å². The Morgan fingerprint density at radius 2 is 2.21 bits per heavy atom. The van der Waals surface area contributed by atoms with Crippen molar-refractivity contribution in [1.82, 2.24) is 10.3 Å². The number of nitrogens with zero attached hydrogens (tertiary/aromatic N) is 2. The van der Waals surface area contributed by atoms with Gasteiger partial charge in [-0.1, -0.05) is 19.9 Å². The van der Waals surface area contributed by atoms with Crippen molar-refractivity contribution in [3.63, 3.8) is 0 Å². The summed E-state index contributed by atoms with van der Waals surface area (Å²) in [4.78, 5) is 6.73. The molecule has 4 heteroatoms. The van der Waals surface area contributed by atoms with Crippen LogP contribution in [0, 0.1) is 0 Å². The number of rotatable bonds is 6. The Kier molecular flexibility index (Phi) is 4.93. The number of pyridine rings is 1. The zero-order valence-corrected chi connectivity index (χ0v) is 12.6. The van der Waals surface area contributed by atoms with Gasteiger partial charge in [0.2, 0.25) is 0 Å². The summed E-state index contributed by atoms with van der Waals surface area (Å²) >= 11 is 1.74. The Bertz CT molecular complexity index is 494. The molecular formula is C15H21N3S. The summed E-state index contributed by atoms with van der Waals surface area (Å²) in [5.41, 5.74) is 2.58. The molecular weight excluding hydrogens is 254 g/mol. The van der Waals surface area contributed by atoms with Crippen LogP contribution in [0.5, 0.6) is 0 Å². The molecule has 3 nitrogen and oxygen atoms in total. The van der Waals surface area contributed by atoms with Gasteiger partial charge < -0.3 is 10.2 Å². The molecule has 0 aliphatic heterocycles. The molecule has 2 aromatic heterocycles. The molecule has 2 rings (SSSR count). The zero-order valence-electron chi connectivity index (χ0n) is 11.8. The second-order valence-corrected chi connectivity index (χ2v) is 5.79. The van der Waals surface area contributed by atoms with Crippen LogP contribution in [0.4, 0.5) is 5.82 Å². The van der Waals surface area contributed by atoms with E-state index in [9.17, 15) is 0 Å². The van der Waals surface area contributed by atoms with Crippen LogP contribution in [-0.4, -0.2) is 18.1 Å². The quantitative estimate of drug-likeness (QED) is 0.877. The highest BCUT2D eigenvalue weighted by molar-refractivity contribution is 7.07. The molecule has 0 saturated carbocycles. The van der Waals surface area contributed by atoms with Crippen molar-refractivity contribution in [2.45, 2.75) is 33.0 Å². The number of hydrogen-bond acceptors (Lipinski definition) is 4. The van der Waals surface area contributed by atoms with E-state index in [2.05, 4.69) is 59.0 Å². The van der Waals surface area contributed by atoms with Crippen LogP contribution in [0.25, 0.3) is 0 Å². The fourth-order valence-electron chi connectivity index (χ4n) is 1.96. The SMILES string of the molecule is CC(C)NCc1cccnc1N(C)Cc1ccsc1. The first-order valence-electron chi connectivity index (χ1n) is 6.56. The molecule has 0 atom stereocenters. The summed E-state index contributed by atoms with van der Waals surface area (Å²) in [6.07, 6.45) is 1.86. The van der Waals surface area contributed by atoms with E-state index in [1.165, 1.54) is 11.1 Å². The Balaban J connectivity index is 2.09. The number of thiophene rings is 1. The van der Waals surface area contributed by atoms with Crippen LogP contribution in [0.15, 0.2) is 35.2 Å². The number of anilines is 1. The van der Waals surface area contributed by atoms with E-state index in [1.807, 2.05) is 12.3 Å². The highest BCUT2D eigenvalue weighted by Gasteiger charge is 2.09. The lowest BCUT2D eigenvalue weighted by atomic mass is 10.2. The molecule has 0 saturated heterocycles. The number of aromatic nitrogens is 1. The third-order valence-electron chi connectivity index (χ3n) is 2.93. The molecule has 0 radical (unpaired) electrons. The predicted octanol–water partition coefficient (Wildman–Crippen LogP) is 3.28. The van der Waals surface area contributed by atoms with Gasteiger partial charge in [-0.25, -0.2) is 4.98 Å². The van der Waals surface area contributed by atoms with E-state index in [0.29, 0.717) is 6.04 Å². The summed E-state index contributed by atoms with van der Waals surface area (Å²) in [6.45, 7) is 6.07. The standard InChI is InChI=1S/C15H21N3S/c1-12(2)17-9-14-5-4-7-16-15(14)18(3)10-13-6-8-19-11-13/h4-8,11-12,17H,9-10H2,1-3H3. The van der Waals surface area contributed by atoms with Crippen molar-refractivity contribution < 1.29 is 0 Å². The number of hydrogen-bond donors (Lipinski definition) is 1. The molecule has 0 aromatic carbocycles. The Morgan fingerprint density at radius 1 is 1.37 bits per heavy atom. The van der Waals surface area contributed by atoms with Gasteiger partial charge in [-0.3, -0.25) is 0 Å². The maximum atomic E-state index is 4.53. The van der Waals surface area contributed by atoms with E-state index in [1.54, 1.807) is 11.3 Å². The molecule has 1 N–H and O–H groups in total. The Labute approximate surface area is 119 Å². The number of nitrogens with one attached hydrogen (secondary N) is 1. The van der Waals surface area contributed by atoms with Crippen molar-refractivity contribution in [3.8, 4) is 0 Å². The largest absolute Gasteiger partial charge is 0.355 e. The summed E-state index contributed by atoms with van der Waals surface area (Å²) in [6, 6.07) is 6.78. The Morgan fingerprint density at radius 3 is 2.89 bits per heavy atom. The first-order valence-corrected chi connectivity index (χ1v) is 7.50. The summed E-state index contributed by atoms with van der Waals surface area (Å²) < 4.78 is 0. The molecule has 0 aliphatic carbocycles. The molecule has 2 heterocycles. The Hall–Kier alpha value is -1.39. The summed E-state index contributed by atoms with van der Waals surface area (Å²) in [5.74, 6) is 1.06. The highest BCUT2D eigenvalue weighted by Crippen LogP contribution is 2.19. The lowest BCUT2D eigenvalue weighted by Crippen LogP contribution is -2.25. The van der Waals surface area contributed by atoms with Crippen molar-refractivity contribution in [1.29, 1.82) is 0 Å². The van der Waals surface area contributed by atoms with Gasteiger partial charge in [-0.15, -0.1) is 0 Å². The fourth-order valence-corrected chi connectivity index (χ4v) is 2.62. The molecule has 2 aromatic rings. The van der Waals surface area contributed by atoms with Crippen LogP contribution in [-0.2, 0) is 13.1 Å². The molecule has 0 amide bonds. The average Bonchev–Trinajstić information content (AvgIpc) is 2.89. The molecule has 19 heavy (non-hydrogen) atoms. The minimum atomic E-state index is 0.482. The van der Waals surface area contributed by atoms with E-state index >= 15 is 0 Å². The maximum Gasteiger partial charge on any atom is 0.133 e. The van der Waals surface area contributed by atoms with Crippen molar-refractivity contribution >= 4 is 17.2 Å². The topological polar surface area (TPSA) is 28.2 Å². The zero-order chi connectivity index (χ0) is 13.7. The van der Waals surface area contributed by atoms with Crippen LogP contribution >= 0.6 is 11.3 Å². The third kappa shape index (κ3) is 4.04. The molecule has 0 unspecified atom stereocenters. The second kappa shape index (κ2) is 6.68. The van der Waals surface area contributed by atoms with Crippen LogP contribution in [0.1, 0.15) is 25.0 Å². The van der Waals surface area contributed by atoms with E-state index in [4.69, 9.17) is 0 Å². The first-order chi connectivity index (χ1) is 9.16. The maximum absolute atomic E-state index is 4.53. The van der Waals surface area contributed by atoms with Crippen LogP contribution < -0.4 is 10.2 Å². The minimum Gasteiger partial charge on any atom is -0.355 e. The van der Waals surface area contributed by atoms with Crippen molar-refractivity contribution in [2.24, 2.45) is 0 Å². The van der Waals surface area contributed by atoms with Crippen LogP contribution in [0.2, 0.25) is 0 Å². The van der Waals surface area contributed by atoms with Crippen molar-refractivity contribution in [2.75, 3.05) is 11.9 Å². The molecule has 0 fully saturated rings. The highest BCUT2D eigenvalue weighted by atomic mass is 32.1. The molecule has 102 valence electrons. The minimum absolute atomic E-state index is 0.482. The van der Waals surface area contributed by atoms with Gasteiger partial charge in [0, 0.05) is 37.9 Å². The van der Waals surface area contributed by atoms with E-state index in [-0.39, 0.29) is 0 Å². The van der Waals surface area contributed by atoms with Gasteiger partial charge in [0.1, 0.15) is 5.82 Å². The smallest absolute Gasteiger partial charge is 0.133 e. The van der Waals surface area contributed by atoms with E-state index < -0.39 is 0 Å². The van der Waals surface area contributed by atoms with Crippen molar-refractivity contribution in [3.05, 3.63) is 46.3 Å². The molecule has 0 bridgehead atoms. The molecule has 0 spiro atoms. The first kappa shape index (κ1) is 14.0. The summed E-state index contributed by atoms with van der Waals surface area (Å²) in [5, 5.41) is 7.75. The fraction of sp³-hybridized carbons (Fsp3) is 0.400. The monoisotopic (exact) mass is 275 g/mol. The van der Waals surface area contributed by atoms with Gasteiger partial charge in [-0.2, -0.15) is 11.3 Å². The normalized spacial score (nSPS) is 10.9. The van der Waals surface area contributed by atoms with Crippen LogP contribution in [0.3, 0.4) is 0 Å². The molecule has 0 aliphatic rings. The average molecular weight is 275 g/mol. The van der Waals surface area contributed by atoms with Gasteiger partial charge in [0.25, 0.3) is 0 Å². The van der Waals surface area contributed by atoms with Gasteiger partial charge in [0.05, 0.1) is 0 Å².